The Kier molecular flexibility index (Phi) is 14.7. The highest BCUT2D eigenvalue weighted by Gasteiger charge is 2.22. The zero-order valence-corrected chi connectivity index (χ0v) is 46.8. The molecule has 414 valence electrons. The number of methoxy groups -OCH3 is 2. The fourth-order valence-electron chi connectivity index (χ4n) is 9.78. The van der Waals surface area contributed by atoms with E-state index in [4.69, 9.17) is 15.2 Å². The lowest BCUT2D eigenvalue weighted by Gasteiger charge is -2.11. The fraction of sp³-hybridized carbons (Fsp3) is 0.0984. The molecule has 13 rings (SSSR count). The second-order valence-corrected chi connectivity index (χ2v) is 21.6. The molecule has 0 saturated heterocycles. The second-order valence-electron chi connectivity index (χ2n) is 19.0. The Hall–Kier alpha value is -9.90. The molecule has 83 heavy (non-hydrogen) atoms. The normalized spacial score (nSPS) is 11.3. The number of nitrogens with two attached hydrogens (primary N) is 1. The topological polar surface area (TPSA) is 209 Å². The Morgan fingerprint density at radius 1 is 0.566 bits per heavy atom. The molecule has 0 spiro atoms. The molecule has 13 aromatic rings. The summed E-state index contributed by atoms with van der Waals surface area (Å²) in [7, 11) is 8.26. The fourth-order valence-corrected chi connectivity index (χ4v) is 12.7. The molecule has 0 aliphatic heterocycles. The smallest absolute Gasteiger partial charge is 0.334 e. The van der Waals surface area contributed by atoms with Crippen LogP contribution in [0, 0.1) is 27.6 Å². The number of carbonyl (C=O) groups excluding carboxylic acids is 1. The third-order valence-corrected chi connectivity index (χ3v) is 16.9. The number of rotatable bonds is 9. The van der Waals surface area contributed by atoms with Crippen LogP contribution in [-0.2, 0) is 27.6 Å². The van der Waals surface area contributed by atoms with Crippen LogP contribution in [0.3, 0.4) is 0 Å². The van der Waals surface area contributed by atoms with Gasteiger partial charge < -0.3 is 28.9 Å². The van der Waals surface area contributed by atoms with E-state index in [1.807, 2.05) is 61.3 Å². The monoisotopic (exact) mass is 1170 g/mol. The number of carbonyl (C=O) groups is 1. The van der Waals surface area contributed by atoms with E-state index < -0.39 is 16.0 Å². The molecule has 0 atom stereocenters. The summed E-state index contributed by atoms with van der Waals surface area (Å²) in [6.45, 7) is 0. The molecule has 22 heteroatoms. The quantitative estimate of drug-likeness (QED) is 0.0813. The minimum absolute atomic E-state index is 0.0185. The predicted octanol–water partition coefficient (Wildman–Crippen LogP) is 12.8. The summed E-state index contributed by atoms with van der Waals surface area (Å²) in [4.78, 5) is 74.9. The lowest BCUT2D eigenvalue weighted by atomic mass is 10.0. The maximum absolute atomic E-state index is 14.2. The van der Waals surface area contributed by atoms with Gasteiger partial charge in [-0.2, -0.15) is 0 Å². The number of hydrogen-bond donors (Lipinski definition) is 1. The minimum atomic E-state index is -0.731. The first-order valence-corrected chi connectivity index (χ1v) is 27.7. The summed E-state index contributed by atoms with van der Waals surface area (Å²) in [6.07, 6.45) is 4.35. The van der Waals surface area contributed by atoms with Gasteiger partial charge in [-0.05, 0) is 72.8 Å². The molecule has 0 unspecified atom stereocenters. The Bertz CT molecular complexity index is 5010. The van der Waals surface area contributed by atoms with E-state index in [1.54, 1.807) is 88.6 Å². The second kappa shape index (κ2) is 22.2. The van der Waals surface area contributed by atoms with E-state index >= 15 is 0 Å². The van der Waals surface area contributed by atoms with E-state index in [2.05, 4.69) is 15.0 Å². The van der Waals surface area contributed by atoms with Crippen LogP contribution in [-0.4, -0.2) is 53.6 Å². The molecule has 9 heterocycles. The number of nitrogens with zero attached hydrogens (tertiary/aromatic N) is 7. The average Bonchev–Trinajstić information content (AvgIpc) is 4.30. The number of anilines is 1. The van der Waals surface area contributed by atoms with Crippen molar-refractivity contribution in [3.63, 3.8) is 0 Å². The number of ether oxygens (including phenoxy) is 2. The van der Waals surface area contributed by atoms with Crippen LogP contribution in [0.1, 0.15) is 15.9 Å². The molecule has 0 fully saturated rings. The number of aromatic nitrogens is 6. The van der Waals surface area contributed by atoms with Gasteiger partial charge in [-0.3, -0.25) is 29.3 Å². The molecule has 0 amide bonds. The van der Waals surface area contributed by atoms with Gasteiger partial charge in [0.05, 0.1) is 78.8 Å². The molecule has 9 aromatic heterocycles. The molecule has 4 aromatic carbocycles. The molecule has 0 radical (unpaired) electrons. The Labute approximate surface area is 479 Å². The van der Waals surface area contributed by atoms with E-state index in [9.17, 15) is 42.5 Å². The van der Waals surface area contributed by atoms with Crippen LogP contribution in [0.2, 0.25) is 0 Å². The number of benzene rings is 4. The highest BCUT2D eigenvalue weighted by molar-refractivity contribution is 7.18. The van der Waals surface area contributed by atoms with Crippen molar-refractivity contribution < 1.29 is 32.4 Å². The Morgan fingerprint density at radius 2 is 0.988 bits per heavy atom. The summed E-state index contributed by atoms with van der Waals surface area (Å²) in [5.41, 5.74) is 11.2. The summed E-state index contributed by atoms with van der Waals surface area (Å²) >= 11 is 3.88. The predicted molar refractivity (Wildman–Crippen MR) is 322 cm³/mol. The first-order valence-electron chi connectivity index (χ1n) is 25.1. The maximum atomic E-state index is 14.2. The minimum Gasteiger partial charge on any atom is -0.493 e. The van der Waals surface area contributed by atoms with Crippen molar-refractivity contribution in [2.24, 2.45) is 21.1 Å². The largest absolute Gasteiger partial charge is 0.493 e. The van der Waals surface area contributed by atoms with E-state index in [-0.39, 0.29) is 57.2 Å². The van der Waals surface area contributed by atoms with E-state index in [0.717, 1.165) is 21.9 Å². The number of pyridine rings is 6. The molecule has 2 N–H and O–H groups in total. The Balaban J connectivity index is 0.000000134. The molecular formula is C61H43F3N8O8S3. The molecule has 0 aliphatic rings. The van der Waals surface area contributed by atoms with Crippen molar-refractivity contribution in [2.45, 2.75) is 6.42 Å². The summed E-state index contributed by atoms with van der Waals surface area (Å²) < 4.78 is 59.1. The number of Topliss-reactive ketones (excluding diaryl/α,β-unsaturated/α-hetero) is 1. The van der Waals surface area contributed by atoms with Gasteiger partial charge in [0.2, 0.25) is 10.9 Å². The summed E-state index contributed by atoms with van der Waals surface area (Å²) in [5, 5.41) is 18.8. The third-order valence-electron chi connectivity index (χ3n) is 13.9. The van der Waals surface area contributed by atoms with Crippen molar-refractivity contribution >= 4 is 115 Å². The third kappa shape index (κ3) is 10.1. The SMILES string of the molecule is COc1ccc(C(=O)Cc2cn(C)c3ccc(-c4csc5c(F)cccc45)nc3c2=O)cc1OC.Cn1cc(N)c(=O)c2nc(-c3csc4c(F)cccc34)ccc21.Cn1cc([N+](=O)[O-])c(=O)c2nc(-c3csc4c(F)cccc34)ccc21. The standard InChI is InChI=1S/C27H21FN2O4S.C17H10FN3O3S.C17H12FN3OS/c1-30-13-16(11-22(31)15-7-10-23(33-2)24(12-15)34-3)26(32)25-21(30)9-8-20(29-25)18-14-35-27-17(18)5-4-6-19(27)28;1-20-7-14(21(23)24)16(22)15-13(20)6-5-12(19-15)10-8-25-17-9(10)3-2-4-11(17)18;1-21-7-12(19)16(22)15-14(21)6-5-13(20-15)10-8-23-17-9(10)3-2-4-11(17)18/h4-10,12-14H,11H2,1-3H3;2-8H,1H3;2-8H,19H2,1H3. The number of hydrogen-bond acceptors (Lipinski definition) is 15. The lowest BCUT2D eigenvalue weighted by Crippen LogP contribution is -2.18. The van der Waals surface area contributed by atoms with Gasteiger partial charge >= 0.3 is 5.69 Å². The summed E-state index contributed by atoms with van der Waals surface area (Å²) in [6, 6.07) is 30.3. The van der Waals surface area contributed by atoms with Crippen LogP contribution in [0.25, 0.3) is 97.1 Å². The van der Waals surface area contributed by atoms with E-state index in [0.29, 0.717) is 86.8 Å². The van der Waals surface area contributed by atoms with Gasteiger partial charge in [0.1, 0.15) is 34.0 Å². The van der Waals surface area contributed by atoms with Gasteiger partial charge in [0.25, 0.3) is 5.43 Å². The molecule has 0 bridgehead atoms. The van der Waals surface area contributed by atoms with Crippen molar-refractivity contribution in [3.05, 3.63) is 213 Å². The van der Waals surface area contributed by atoms with Crippen molar-refractivity contribution in [3.8, 4) is 45.3 Å². The van der Waals surface area contributed by atoms with Crippen LogP contribution >= 0.6 is 34.0 Å². The van der Waals surface area contributed by atoms with Crippen molar-refractivity contribution in [2.75, 3.05) is 20.0 Å². The first-order chi connectivity index (χ1) is 39.9. The molecule has 16 nitrogen and oxygen atoms in total. The van der Waals surface area contributed by atoms with Crippen LogP contribution in [0.4, 0.5) is 24.5 Å². The van der Waals surface area contributed by atoms with Gasteiger partial charge in [0.15, 0.2) is 17.3 Å². The summed E-state index contributed by atoms with van der Waals surface area (Å²) in [5.74, 6) is -0.121. The highest BCUT2D eigenvalue weighted by Crippen LogP contribution is 2.38. The first kappa shape index (κ1) is 55.0. The van der Waals surface area contributed by atoms with Crippen LogP contribution in [0.5, 0.6) is 11.5 Å². The van der Waals surface area contributed by atoms with Crippen molar-refractivity contribution in [1.82, 2.24) is 28.7 Å². The molecular weight excluding hydrogens is 1130 g/mol. The zero-order chi connectivity index (χ0) is 58.5. The highest BCUT2D eigenvalue weighted by atomic mass is 32.1. The number of halogens is 3. The van der Waals surface area contributed by atoms with Crippen LogP contribution in [0.15, 0.2) is 158 Å². The number of aryl methyl sites for hydroxylation is 3. The van der Waals surface area contributed by atoms with Gasteiger partial charge in [-0.25, -0.2) is 28.1 Å². The number of thiophene rings is 3. The van der Waals surface area contributed by atoms with Gasteiger partial charge in [0, 0.05) is 100 Å². The number of nitrogen functional groups attached to an aromatic ring is 1. The van der Waals surface area contributed by atoms with Gasteiger partial charge in [-0.15, -0.1) is 34.0 Å². The van der Waals surface area contributed by atoms with Crippen molar-refractivity contribution in [1.29, 1.82) is 0 Å². The number of nitro groups is 1. The number of fused-ring (bicyclic) bond motifs is 6. The lowest BCUT2D eigenvalue weighted by molar-refractivity contribution is -0.386. The van der Waals surface area contributed by atoms with E-state index in [1.165, 1.54) is 77.2 Å². The molecule has 0 saturated carbocycles. The molecule has 0 aliphatic carbocycles. The average molecular weight is 1170 g/mol. The number of ketones is 1. The van der Waals surface area contributed by atoms with Gasteiger partial charge in [-0.1, -0.05) is 36.4 Å². The maximum Gasteiger partial charge on any atom is 0.334 e. The Morgan fingerprint density at radius 3 is 1.43 bits per heavy atom. The van der Waals surface area contributed by atoms with Crippen LogP contribution < -0.4 is 31.5 Å². The zero-order valence-electron chi connectivity index (χ0n) is 44.4.